The molecule has 5 heteroatoms. The van der Waals surface area contributed by atoms with E-state index in [1.54, 1.807) is 18.4 Å². The summed E-state index contributed by atoms with van der Waals surface area (Å²) in [6.07, 6.45) is 0. The Hall–Kier alpha value is -1.52. The molecule has 3 nitrogen and oxygen atoms in total. The maximum Gasteiger partial charge on any atom is 0.191 e. The Morgan fingerprint density at radius 1 is 1.16 bits per heavy atom. The summed E-state index contributed by atoms with van der Waals surface area (Å²) in [5.41, 5.74) is 1.06. The molecular formula is C14H16ClN3S. The van der Waals surface area contributed by atoms with Crippen molar-refractivity contribution < 1.29 is 0 Å². The van der Waals surface area contributed by atoms with E-state index >= 15 is 0 Å². The summed E-state index contributed by atoms with van der Waals surface area (Å²) in [6.45, 7) is 1.43. The monoisotopic (exact) mass is 293 g/mol. The van der Waals surface area contributed by atoms with E-state index in [0.29, 0.717) is 6.54 Å². The number of halogens is 1. The van der Waals surface area contributed by atoms with Crippen molar-refractivity contribution >= 4 is 28.9 Å². The van der Waals surface area contributed by atoms with Gasteiger partial charge in [0.15, 0.2) is 5.96 Å². The Balaban J connectivity index is 1.85. The molecule has 0 amide bonds. The standard InChI is InChI=1S/C14H16ClN3S/c1-16-14(18-10-12-6-4-8-19-12)17-9-11-5-2-3-7-13(11)15/h2-8H,9-10H2,1H3,(H2,16,17,18). The Morgan fingerprint density at radius 2 is 1.95 bits per heavy atom. The highest BCUT2D eigenvalue weighted by atomic mass is 35.5. The van der Waals surface area contributed by atoms with E-state index in [1.807, 2.05) is 30.3 Å². The van der Waals surface area contributed by atoms with Crippen LogP contribution in [-0.2, 0) is 13.1 Å². The molecule has 0 fully saturated rings. The van der Waals surface area contributed by atoms with Crippen LogP contribution >= 0.6 is 22.9 Å². The van der Waals surface area contributed by atoms with Gasteiger partial charge in [0, 0.05) is 23.5 Å². The number of thiophene rings is 1. The lowest BCUT2D eigenvalue weighted by atomic mass is 10.2. The number of nitrogens with zero attached hydrogens (tertiary/aromatic N) is 1. The second kappa shape index (κ2) is 7.16. The molecular weight excluding hydrogens is 278 g/mol. The molecule has 0 aliphatic rings. The van der Waals surface area contributed by atoms with Gasteiger partial charge in [-0.3, -0.25) is 4.99 Å². The van der Waals surface area contributed by atoms with E-state index in [-0.39, 0.29) is 0 Å². The molecule has 1 aromatic heterocycles. The fourth-order valence-electron chi connectivity index (χ4n) is 1.63. The van der Waals surface area contributed by atoms with Gasteiger partial charge < -0.3 is 10.6 Å². The maximum absolute atomic E-state index is 6.11. The van der Waals surface area contributed by atoms with E-state index < -0.39 is 0 Å². The molecule has 100 valence electrons. The summed E-state index contributed by atoms with van der Waals surface area (Å²) in [5.74, 6) is 0.772. The van der Waals surface area contributed by atoms with E-state index in [1.165, 1.54) is 4.88 Å². The predicted molar refractivity (Wildman–Crippen MR) is 82.8 cm³/mol. The molecule has 0 saturated heterocycles. The molecule has 1 aromatic carbocycles. The second-order valence-electron chi connectivity index (χ2n) is 3.95. The highest BCUT2D eigenvalue weighted by molar-refractivity contribution is 7.09. The third kappa shape index (κ3) is 4.26. The van der Waals surface area contributed by atoms with Crippen LogP contribution in [0.2, 0.25) is 5.02 Å². The van der Waals surface area contributed by atoms with Crippen molar-refractivity contribution in [2.45, 2.75) is 13.1 Å². The molecule has 0 unspecified atom stereocenters. The van der Waals surface area contributed by atoms with Gasteiger partial charge in [0.2, 0.25) is 0 Å². The van der Waals surface area contributed by atoms with Crippen LogP contribution in [0.15, 0.2) is 46.8 Å². The van der Waals surface area contributed by atoms with Crippen molar-refractivity contribution in [1.82, 2.24) is 10.6 Å². The van der Waals surface area contributed by atoms with Crippen LogP contribution in [-0.4, -0.2) is 13.0 Å². The minimum Gasteiger partial charge on any atom is -0.352 e. The lowest BCUT2D eigenvalue weighted by Crippen LogP contribution is -2.36. The summed E-state index contributed by atoms with van der Waals surface area (Å²) in [5, 5.41) is 9.35. The lowest BCUT2D eigenvalue weighted by Gasteiger charge is -2.12. The van der Waals surface area contributed by atoms with Crippen molar-refractivity contribution in [3.63, 3.8) is 0 Å². The lowest BCUT2D eigenvalue weighted by molar-refractivity contribution is 0.815. The van der Waals surface area contributed by atoms with Crippen molar-refractivity contribution in [2.24, 2.45) is 4.99 Å². The number of guanidine groups is 1. The summed E-state index contributed by atoms with van der Waals surface area (Å²) in [4.78, 5) is 5.47. The normalized spacial score (nSPS) is 11.4. The van der Waals surface area contributed by atoms with Gasteiger partial charge in [0.25, 0.3) is 0 Å². The number of rotatable bonds is 4. The van der Waals surface area contributed by atoms with Crippen molar-refractivity contribution in [2.75, 3.05) is 7.05 Å². The molecule has 0 aliphatic heterocycles. The van der Waals surface area contributed by atoms with Crippen LogP contribution in [0.5, 0.6) is 0 Å². The molecule has 1 heterocycles. The number of hydrogen-bond acceptors (Lipinski definition) is 2. The first kappa shape index (κ1) is 13.9. The topological polar surface area (TPSA) is 36.4 Å². The fraction of sp³-hybridized carbons (Fsp3) is 0.214. The minimum absolute atomic E-state index is 0.657. The van der Waals surface area contributed by atoms with Gasteiger partial charge in [-0.2, -0.15) is 0 Å². The fourth-order valence-corrected chi connectivity index (χ4v) is 2.47. The first-order valence-corrected chi connectivity index (χ1v) is 7.25. The average molecular weight is 294 g/mol. The third-order valence-corrected chi connectivity index (χ3v) is 3.88. The summed E-state index contributed by atoms with van der Waals surface area (Å²) >= 11 is 7.84. The zero-order valence-electron chi connectivity index (χ0n) is 10.7. The predicted octanol–water partition coefficient (Wildman–Crippen LogP) is 3.27. The molecule has 19 heavy (non-hydrogen) atoms. The van der Waals surface area contributed by atoms with Crippen LogP contribution in [0.4, 0.5) is 0 Å². The van der Waals surface area contributed by atoms with Crippen LogP contribution in [0, 0.1) is 0 Å². The second-order valence-corrected chi connectivity index (χ2v) is 5.39. The van der Waals surface area contributed by atoms with Crippen molar-refractivity contribution in [1.29, 1.82) is 0 Å². The third-order valence-electron chi connectivity index (χ3n) is 2.64. The van der Waals surface area contributed by atoms with E-state index in [2.05, 4.69) is 27.1 Å². The largest absolute Gasteiger partial charge is 0.352 e. The first-order chi connectivity index (χ1) is 9.29. The first-order valence-electron chi connectivity index (χ1n) is 6.00. The quantitative estimate of drug-likeness (QED) is 0.670. The Labute approximate surface area is 122 Å². The van der Waals surface area contributed by atoms with E-state index in [4.69, 9.17) is 11.6 Å². The summed E-state index contributed by atoms with van der Waals surface area (Å²) < 4.78 is 0. The molecule has 2 aromatic rings. The van der Waals surface area contributed by atoms with E-state index in [9.17, 15) is 0 Å². The van der Waals surface area contributed by atoms with E-state index in [0.717, 1.165) is 23.1 Å². The Bertz CT molecular complexity index is 537. The number of hydrogen-bond donors (Lipinski definition) is 2. The van der Waals surface area contributed by atoms with Gasteiger partial charge in [-0.25, -0.2) is 0 Å². The van der Waals surface area contributed by atoms with Gasteiger partial charge in [-0.05, 0) is 23.1 Å². The molecule has 0 spiro atoms. The average Bonchev–Trinajstić information content (AvgIpc) is 2.94. The highest BCUT2D eigenvalue weighted by Gasteiger charge is 2.01. The van der Waals surface area contributed by atoms with Gasteiger partial charge >= 0.3 is 0 Å². The minimum atomic E-state index is 0.657. The van der Waals surface area contributed by atoms with Crippen LogP contribution in [0.3, 0.4) is 0 Å². The van der Waals surface area contributed by atoms with Gasteiger partial charge in [-0.15, -0.1) is 11.3 Å². The SMILES string of the molecule is CN=C(NCc1cccs1)NCc1ccccc1Cl. The molecule has 2 N–H and O–H groups in total. The number of benzene rings is 1. The van der Waals surface area contributed by atoms with Crippen LogP contribution in [0.1, 0.15) is 10.4 Å². The number of aliphatic imine (C=N–C) groups is 1. The number of nitrogens with one attached hydrogen (secondary N) is 2. The van der Waals surface area contributed by atoms with Crippen molar-refractivity contribution in [3.8, 4) is 0 Å². The molecule has 0 radical (unpaired) electrons. The van der Waals surface area contributed by atoms with Crippen LogP contribution < -0.4 is 10.6 Å². The Kier molecular flexibility index (Phi) is 5.24. The summed E-state index contributed by atoms with van der Waals surface area (Å²) in [7, 11) is 1.76. The Morgan fingerprint density at radius 3 is 2.63 bits per heavy atom. The van der Waals surface area contributed by atoms with Gasteiger partial charge in [0.1, 0.15) is 0 Å². The summed E-state index contributed by atoms with van der Waals surface area (Å²) in [6, 6.07) is 11.9. The zero-order valence-corrected chi connectivity index (χ0v) is 12.3. The molecule has 0 aliphatic carbocycles. The molecule has 2 rings (SSSR count). The zero-order chi connectivity index (χ0) is 13.5. The smallest absolute Gasteiger partial charge is 0.191 e. The van der Waals surface area contributed by atoms with Crippen LogP contribution in [0.25, 0.3) is 0 Å². The molecule has 0 atom stereocenters. The maximum atomic E-state index is 6.11. The molecule has 0 bridgehead atoms. The molecule has 0 saturated carbocycles. The van der Waals surface area contributed by atoms with Crippen molar-refractivity contribution in [3.05, 3.63) is 57.2 Å². The van der Waals surface area contributed by atoms with Gasteiger partial charge in [-0.1, -0.05) is 35.9 Å². The highest BCUT2D eigenvalue weighted by Crippen LogP contribution is 2.14. The van der Waals surface area contributed by atoms with Gasteiger partial charge in [0.05, 0.1) is 6.54 Å².